The highest BCUT2D eigenvalue weighted by Gasteiger charge is 2.37. The topological polar surface area (TPSA) is 46.2 Å². The standard InChI is InChI=1S/C12H15ClFNO2S/c13-9-12(7-1-2-8-12)15-18(16,17)11-5-3-10(14)4-6-11/h3-6,15H,1-2,7-9H2. The van der Waals surface area contributed by atoms with Gasteiger partial charge in [-0.1, -0.05) is 12.8 Å². The van der Waals surface area contributed by atoms with Crippen LogP contribution in [-0.4, -0.2) is 19.8 Å². The lowest BCUT2D eigenvalue weighted by molar-refractivity contribution is 0.433. The molecule has 1 saturated carbocycles. The molecule has 0 heterocycles. The summed E-state index contributed by atoms with van der Waals surface area (Å²) >= 11 is 5.90. The highest BCUT2D eigenvalue weighted by Crippen LogP contribution is 2.32. The first-order valence-electron chi connectivity index (χ1n) is 5.83. The second kappa shape index (κ2) is 5.15. The van der Waals surface area contributed by atoms with Gasteiger partial charge in [0.15, 0.2) is 0 Å². The molecule has 0 radical (unpaired) electrons. The van der Waals surface area contributed by atoms with Crippen molar-refractivity contribution in [2.45, 2.75) is 36.1 Å². The summed E-state index contributed by atoms with van der Waals surface area (Å²) in [7, 11) is -3.63. The number of sulfonamides is 1. The van der Waals surface area contributed by atoms with Gasteiger partial charge in [-0.15, -0.1) is 11.6 Å². The first-order chi connectivity index (χ1) is 8.47. The monoisotopic (exact) mass is 291 g/mol. The van der Waals surface area contributed by atoms with Crippen LogP contribution in [0.2, 0.25) is 0 Å². The predicted octanol–water partition coefficient (Wildman–Crippen LogP) is 2.66. The minimum absolute atomic E-state index is 0.0697. The Morgan fingerprint density at radius 1 is 1.22 bits per heavy atom. The zero-order valence-corrected chi connectivity index (χ0v) is 11.4. The summed E-state index contributed by atoms with van der Waals surface area (Å²) in [5.74, 6) is -0.199. The number of hydrogen-bond donors (Lipinski definition) is 1. The molecule has 1 aliphatic carbocycles. The van der Waals surface area contributed by atoms with Gasteiger partial charge >= 0.3 is 0 Å². The molecule has 2 rings (SSSR count). The third kappa shape index (κ3) is 2.84. The van der Waals surface area contributed by atoms with Gasteiger partial charge in [-0.3, -0.25) is 0 Å². The van der Waals surface area contributed by atoms with Crippen LogP contribution in [0, 0.1) is 5.82 Å². The Kier molecular flexibility index (Phi) is 3.94. The molecular weight excluding hydrogens is 277 g/mol. The van der Waals surface area contributed by atoms with E-state index in [2.05, 4.69) is 4.72 Å². The molecule has 100 valence electrons. The maximum Gasteiger partial charge on any atom is 0.241 e. The quantitative estimate of drug-likeness (QED) is 0.867. The number of rotatable bonds is 4. The molecule has 18 heavy (non-hydrogen) atoms. The minimum atomic E-state index is -3.63. The normalized spacial score (nSPS) is 19.0. The minimum Gasteiger partial charge on any atom is -0.207 e. The van der Waals surface area contributed by atoms with E-state index in [0.29, 0.717) is 0 Å². The number of halogens is 2. The van der Waals surface area contributed by atoms with Crippen LogP contribution >= 0.6 is 11.6 Å². The molecule has 1 aromatic carbocycles. The average molecular weight is 292 g/mol. The van der Waals surface area contributed by atoms with E-state index in [4.69, 9.17) is 11.6 Å². The zero-order valence-electron chi connectivity index (χ0n) is 9.83. The van der Waals surface area contributed by atoms with E-state index in [1.165, 1.54) is 12.1 Å². The number of hydrogen-bond acceptors (Lipinski definition) is 2. The number of benzene rings is 1. The molecule has 6 heteroatoms. The summed E-state index contributed by atoms with van der Waals surface area (Å²) in [6.45, 7) is 0. The zero-order chi connectivity index (χ0) is 13.2. The predicted molar refractivity (Wildman–Crippen MR) is 68.6 cm³/mol. The smallest absolute Gasteiger partial charge is 0.207 e. The van der Waals surface area contributed by atoms with Gasteiger partial charge in [-0.2, -0.15) is 0 Å². The van der Waals surface area contributed by atoms with Crippen LogP contribution in [0.1, 0.15) is 25.7 Å². The summed E-state index contributed by atoms with van der Waals surface area (Å²) in [6, 6.07) is 4.79. The summed E-state index contributed by atoms with van der Waals surface area (Å²) in [5, 5.41) is 0. The molecule has 0 amide bonds. The lowest BCUT2D eigenvalue weighted by Gasteiger charge is -2.27. The van der Waals surface area contributed by atoms with Crippen molar-refractivity contribution in [3.05, 3.63) is 30.1 Å². The third-order valence-corrected chi connectivity index (χ3v) is 5.40. The van der Waals surface area contributed by atoms with Crippen molar-refractivity contribution in [3.63, 3.8) is 0 Å². The highest BCUT2D eigenvalue weighted by molar-refractivity contribution is 7.89. The van der Waals surface area contributed by atoms with Crippen LogP contribution < -0.4 is 4.72 Å². The van der Waals surface area contributed by atoms with Gasteiger partial charge in [-0.05, 0) is 37.1 Å². The molecule has 1 N–H and O–H groups in total. The van der Waals surface area contributed by atoms with E-state index in [0.717, 1.165) is 37.8 Å². The molecule has 1 aliphatic rings. The van der Waals surface area contributed by atoms with Gasteiger partial charge in [0.25, 0.3) is 0 Å². The second-order valence-electron chi connectivity index (χ2n) is 4.68. The molecule has 3 nitrogen and oxygen atoms in total. The summed E-state index contributed by atoms with van der Waals surface area (Å²) in [6.07, 6.45) is 3.44. The van der Waals surface area contributed by atoms with Crippen LogP contribution in [0.5, 0.6) is 0 Å². The van der Waals surface area contributed by atoms with Crippen LogP contribution in [0.4, 0.5) is 4.39 Å². The molecule has 0 spiro atoms. The van der Waals surface area contributed by atoms with Gasteiger partial charge in [0.2, 0.25) is 10.0 Å². The van der Waals surface area contributed by atoms with Crippen molar-refractivity contribution >= 4 is 21.6 Å². The van der Waals surface area contributed by atoms with Gasteiger partial charge < -0.3 is 0 Å². The largest absolute Gasteiger partial charge is 0.241 e. The Bertz CT molecular complexity index is 509. The highest BCUT2D eigenvalue weighted by atomic mass is 35.5. The van der Waals surface area contributed by atoms with Gasteiger partial charge in [0.1, 0.15) is 5.82 Å². The molecule has 0 unspecified atom stereocenters. The van der Waals surface area contributed by atoms with E-state index in [1.807, 2.05) is 0 Å². The van der Waals surface area contributed by atoms with Crippen molar-refractivity contribution < 1.29 is 12.8 Å². The fraction of sp³-hybridized carbons (Fsp3) is 0.500. The SMILES string of the molecule is O=S(=O)(NC1(CCl)CCCC1)c1ccc(F)cc1. The fourth-order valence-electron chi connectivity index (χ4n) is 2.27. The molecule has 0 aromatic heterocycles. The van der Waals surface area contributed by atoms with Crippen molar-refractivity contribution in [1.82, 2.24) is 4.72 Å². The molecule has 1 aromatic rings. The van der Waals surface area contributed by atoms with Crippen molar-refractivity contribution in [3.8, 4) is 0 Å². The maximum absolute atomic E-state index is 12.8. The average Bonchev–Trinajstić information content (AvgIpc) is 2.78. The Hall–Kier alpha value is -0.650. The van der Waals surface area contributed by atoms with Crippen LogP contribution in [-0.2, 0) is 10.0 Å². The molecule has 0 atom stereocenters. The van der Waals surface area contributed by atoms with Crippen molar-refractivity contribution in [2.24, 2.45) is 0 Å². The number of nitrogens with one attached hydrogen (secondary N) is 1. The summed E-state index contributed by atoms with van der Waals surface area (Å²) in [4.78, 5) is 0.0697. The first kappa shape index (κ1) is 13.8. The van der Waals surface area contributed by atoms with Crippen molar-refractivity contribution in [2.75, 3.05) is 5.88 Å². The van der Waals surface area contributed by atoms with E-state index < -0.39 is 21.4 Å². The van der Waals surface area contributed by atoms with E-state index in [1.54, 1.807) is 0 Å². The Balaban J connectivity index is 2.24. The van der Waals surface area contributed by atoms with Gasteiger partial charge in [-0.25, -0.2) is 17.5 Å². The summed E-state index contributed by atoms with van der Waals surface area (Å²) < 4.78 is 39.8. The van der Waals surface area contributed by atoms with Crippen LogP contribution in [0.25, 0.3) is 0 Å². The maximum atomic E-state index is 12.8. The molecule has 1 fully saturated rings. The Morgan fingerprint density at radius 2 is 1.78 bits per heavy atom. The van der Waals surface area contributed by atoms with E-state index >= 15 is 0 Å². The lowest BCUT2D eigenvalue weighted by Crippen LogP contribution is -2.47. The van der Waals surface area contributed by atoms with Crippen LogP contribution in [0.3, 0.4) is 0 Å². The third-order valence-electron chi connectivity index (χ3n) is 3.29. The molecular formula is C12H15ClFNO2S. The van der Waals surface area contributed by atoms with E-state index in [-0.39, 0.29) is 10.8 Å². The molecule has 0 bridgehead atoms. The molecule has 0 saturated heterocycles. The fourth-order valence-corrected chi connectivity index (χ4v) is 4.14. The van der Waals surface area contributed by atoms with E-state index in [9.17, 15) is 12.8 Å². The lowest BCUT2D eigenvalue weighted by atomic mass is 10.0. The first-order valence-corrected chi connectivity index (χ1v) is 7.85. The summed E-state index contributed by atoms with van der Waals surface area (Å²) in [5.41, 5.74) is -0.547. The second-order valence-corrected chi connectivity index (χ2v) is 6.63. The van der Waals surface area contributed by atoms with Gasteiger partial charge in [0.05, 0.1) is 4.90 Å². The van der Waals surface area contributed by atoms with Crippen LogP contribution in [0.15, 0.2) is 29.2 Å². The molecule has 0 aliphatic heterocycles. The Labute approximate surface area is 111 Å². The Morgan fingerprint density at radius 3 is 2.28 bits per heavy atom. The number of alkyl halides is 1. The van der Waals surface area contributed by atoms with Gasteiger partial charge in [0, 0.05) is 11.4 Å². The van der Waals surface area contributed by atoms with Crippen molar-refractivity contribution in [1.29, 1.82) is 0 Å².